The van der Waals surface area contributed by atoms with E-state index in [0.29, 0.717) is 13.2 Å². The van der Waals surface area contributed by atoms with E-state index < -0.39 is 0 Å². The second-order valence-corrected chi connectivity index (χ2v) is 7.37. The molecule has 0 radical (unpaired) electrons. The molecule has 3 heterocycles. The maximum Gasteiger partial charge on any atom is 0.248 e. The fourth-order valence-electron chi connectivity index (χ4n) is 3.45. The standard InChI is InChI=1S/C16H24N2O3S/c1-20-10-15(19)18-6-7-21-13-16(12-18)4-5-17(11-16)9-14-3-2-8-22-14/h2-3,8H,4-7,9-13H2,1H3/t16-/m1/s1. The summed E-state index contributed by atoms with van der Waals surface area (Å²) in [5.74, 6) is 0.0732. The summed E-state index contributed by atoms with van der Waals surface area (Å²) in [6.45, 7) is 6.09. The molecular formula is C16H24N2O3S. The Morgan fingerprint density at radius 2 is 2.36 bits per heavy atom. The summed E-state index contributed by atoms with van der Waals surface area (Å²) in [4.78, 5) is 18.0. The van der Waals surface area contributed by atoms with Crippen molar-refractivity contribution in [1.82, 2.24) is 9.80 Å². The number of likely N-dealkylation sites (tertiary alicyclic amines) is 1. The van der Waals surface area contributed by atoms with Crippen molar-refractivity contribution in [2.24, 2.45) is 5.41 Å². The van der Waals surface area contributed by atoms with E-state index in [4.69, 9.17) is 9.47 Å². The average molecular weight is 324 g/mol. The number of ether oxygens (including phenoxy) is 2. The second kappa shape index (κ2) is 7.08. The van der Waals surface area contributed by atoms with E-state index in [0.717, 1.165) is 39.2 Å². The first kappa shape index (κ1) is 15.9. The molecule has 3 rings (SSSR count). The molecule has 1 amide bonds. The van der Waals surface area contributed by atoms with Gasteiger partial charge in [-0.3, -0.25) is 9.69 Å². The number of thiophene rings is 1. The van der Waals surface area contributed by atoms with Crippen molar-refractivity contribution in [2.45, 2.75) is 13.0 Å². The molecule has 122 valence electrons. The van der Waals surface area contributed by atoms with Gasteiger partial charge in [0, 0.05) is 43.6 Å². The number of carbonyl (C=O) groups excluding carboxylic acids is 1. The largest absolute Gasteiger partial charge is 0.379 e. The van der Waals surface area contributed by atoms with Crippen LogP contribution in [0, 0.1) is 5.41 Å². The van der Waals surface area contributed by atoms with Crippen LogP contribution in [-0.2, 0) is 20.8 Å². The van der Waals surface area contributed by atoms with Gasteiger partial charge in [-0.25, -0.2) is 0 Å². The molecule has 5 nitrogen and oxygen atoms in total. The lowest BCUT2D eigenvalue weighted by atomic mass is 9.87. The van der Waals surface area contributed by atoms with Gasteiger partial charge >= 0.3 is 0 Å². The number of hydrogen-bond acceptors (Lipinski definition) is 5. The molecule has 0 unspecified atom stereocenters. The summed E-state index contributed by atoms with van der Waals surface area (Å²) in [7, 11) is 1.57. The minimum absolute atomic E-state index is 0.0732. The highest BCUT2D eigenvalue weighted by Gasteiger charge is 2.42. The Balaban J connectivity index is 1.63. The van der Waals surface area contributed by atoms with Crippen LogP contribution in [-0.4, -0.2) is 68.8 Å². The van der Waals surface area contributed by atoms with Gasteiger partial charge in [0.2, 0.25) is 5.91 Å². The number of nitrogens with zero attached hydrogens (tertiary/aromatic N) is 2. The number of carbonyl (C=O) groups is 1. The predicted molar refractivity (Wildman–Crippen MR) is 85.9 cm³/mol. The van der Waals surface area contributed by atoms with Gasteiger partial charge in [-0.1, -0.05) is 6.07 Å². The third-order valence-corrected chi connectivity index (χ3v) is 5.40. The van der Waals surface area contributed by atoms with E-state index in [-0.39, 0.29) is 17.9 Å². The zero-order valence-electron chi connectivity index (χ0n) is 13.1. The predicted octanol–water partition coefficient (Wildman–Crippen LogP) is 1.45. The molecule has 1 atom stereocenters. The summed E-state index contributed by atoms with van der Waals surface area (Å²) in [5.41, 5.74) is 0.0805. The monoisotopic (exact) mass is 324 g/mol. The molecule has 2 fully saturated rings. The Bertz CT molecular complexity index is 494. The Morgan fingerprint density at radius 3 is 3.14 bits per heavy atom. The molecule has 0 aliphatic carbocycles. The minimum atomic E-state index is 0.0732. The maximum absolute atomic E-state index is 12.2. The van der Waals surface area contributed by atoms with Gasteiger partial charge in [-0.2, -0.15) is 0 Å². The molecule has 0 N–H and O–H groups in total. The molecule has 6 heteroatoms. The molecule has 0 aromatic carbocycles. The lowest BCUT2D eigenvalue weighted by molar-refractivity contribution is -0.136. The highest BCUT2D eigenvalue weighted by Crippen LogP contribution is 2.34. The van der Waals surface area contributed by atoms with E-state index in [1.807, 2.05) is 16.2 Å². The van der Waals surface area contributed by atoms with Crippen LogP contribution in [0.4, 0.5) is 0 Å². The third-order valence-electron chi connectivity index (χ3n) is 4.54. The lowest BCUT2D eigenvalue weighted by Gasteiger charge is -2.31. The summed E-state index contributed by atoms with van der Waals surface area (Å²) < 4.78 is 10.8. The highest BCUT2D eigenvalue weighted by atomic mass is 32.1. The lowest BCUT2D eigenvalue weighted by Crippen LogP contribution is -2.44. The van der Waals surface area contributed by atoms with Gasteiger partial charge in [0.1, 0.15) is 6.61 Å². The van der Waals surface area contributed by atoms with Crippen LogP contribution in [0.2, 0.25) is 0 Å². The SMILES string of the molecule is COCC(=O)N1CCOC[C@@]2(CCN(Cc3cccs3)C2)C1. The van der Waals surface area contributed by atoms with Crippen molar-refractivity contribution < 1.29 is 14.3 Å². The molecule has 0 bridgehead atoms. The van der Waals surface area contributed by atoms with Crippen LogP contribution < -0.4 is 0 Å². The Hall–Kier alpha value is -0.950. The van der Waals surface area contributed by atoms with Crippen molar-refractivity contribution in [1.29, 1.82) is 0 Å². The zero-order chi connectivity index (χ0) is 15.4. The van der Waals surface area contributed by atoms with Crippen molar-refractivity contribution in [3.05, 3.63) is 22.4 Å². The summed E-state index contributed by atoms with van der Waals surface area (Å²) in [5, 5.41) is 2.13. The van der Waals surface area contributed by atoms with Crippen LogP contribution >= 0.6 is 11.3 Å². The van der Waals surface area contributed by atoms with Gasteiger partial charge < -0.3 is 14.4 Å². The topological polar surface area (TPSA) is 42.0 Å². The van der Waals surface area contributed by atoms with Gasteiger partial charge in [-0.05, 0) is 24.4 Å². The van der Waals surface area contributed by atoms with Crippen molar-refractivity contribution in [3.8, 4) is 0 Å². The van der Waals surface area contributed by atoms with Crippen LogP contribution in [0.5, 0.6) is 0 Å². The molecule has 0 saturated carbocycles. The molecule has 2 aliphatic rings. The quantitative estimate of drug-likeness (QED) is 0.841. The van der Waals surface area contributed by atoms with Crippen molar-refractivity contribution in [2.75, 3.05) is 53.1 Å². The van der Waals surface area contributed by atoms with Crippen molar-refractivity contribution >= 4 is 17.2 Å². The average Bonchev–Trinajstić information content (AvgIpc) is 3.08. The van der Waals surface area contributed by atoms with Crippen LogP contribution in [0.3, 0.4) is 0 Å². The maximum atomic E-state index is 12.2. The van der Waals surface area contributed by atoms with Gasteiger partial charge in [-0.15, -0.1) is 11.3 Å². The van der Waals surface area contributed by atoms with Crippen molar-refractivity contribution in [3.63, 3.8) is 0 Å². The molecule has 22 heavy (non-hydrogen) atoms. The first-order valence-corrected chi connectivity index (χ1v) is 8.68. The van der Waals surface area contributed by atoms with E-state index in [9.17, 15) is 4.79 Å². The summed E-state index contributed by atoms with van der Waals surface area (Å²) in [6, 6.07) is 4.29. The molecule has 1 aromatic heterocycles. The second-order valence-electron chi connectivity index (χ2n) is 6.34. The van der Waals surface area contributed by atoms with E-state index >= 15 is 0 Å². The number of methoxy groups -OCH3 is 1. The van der Waals surface area contributed by atoms with E-state index in [1.165, 1.54) is 4.88 Å². The van der Waals surface area contributed by atoms with Gasteiger partial charge in [0.25, 0.3) is 0 Å². The smallest absolute Gasteiger partial charge is 0.248 e. The number of hydrogen-bond donors (Lipinski definition) is 0. The fourth-order valence-corrected chi connectivity index (χ4v) is 4.20. The third kappa shape index (κ3) is 3.68. The van der Waals surface area contributed by atoms with Crippen LogP contribution in [0.15, 0.2) is 17.5 Å². The molecular weight excluding hydrogens is 300 g/mol. The van der Waals surface area contributed by atoms with Crippen LogP contribution in [0.1, 0.15) is 11.3 Å². The Kier molecular flexibility index (Phi) is 5.13. The number of rotatable bonds is 4. The first-order chi connectivity index (χ1) is 10.7. The Morgan fingerprint density at radius 1 is 1.45 bits per heavy atom. The van der Waals surface area contributed by atoms with Gasteiger partial charge in [0.05, 0.1) is 13.2 Å². The highest BCUT2D eigenvalue weighted by molar-refractivity contribution is 7.09. The normalized spacial score (nSPS) is 26.5. The molecule has 1 aromatic rings. The molecule has 2 aliphatic heterocycles. The fraction of sp³-hybridized carbons (Fsp3) is 0.688. The Labute approximate surface area is 135 Å². The first-order valence-electron chi connectivity index (χ1n) is 7.80. The number of amides is 1. The zero-order valence-corrected chi connectivity index (χ0v) is 13.9. The van der Waals surface area contributed by atoms with E-state index in [1.54, 1.807) is 7.11 Å². The molecule has 2 saturated heterocycles. The van der Waals surface area contributed by atoms with Gasteiger partial charge in [0.15, 0.2) is 0 Å². The summed E-state index contributed by atoms with van der Waals surface area (Å²) >= 11 is 1.81. The summed E-state index contributed by atoms with van der Waals surface area (Å²) in [6.07, 6.45) is 1.09. The van der Waals surface area contributed by atoms with Crippen LogP contribution in [0.25, 0.3) is 0 Å². The minimum Gasteiger partial charge on any atom is -0.379 e. The molecule has 1 spiro atoms. The van der Waals surface area contributed by atoms with E-state index in [2.05, 4.69) is 22.4 Å².